The molecule has 4 nitrogen and oxygen atoms in total. The highest BCUT2D eigenvalue weighted by Gasteiger charge is 2.23. The lowest BCUT2D eigenvalue weighted by Gasteiger charge is -2.27. The van der Waals surface area contributed by atoms with Crippen LogP contribution in [0.2, 0.25) is 0 Å². The van der Waals surface area contributed by atoms with Crippen molar-refractivity contribution in [3.05, 3.63) is 0 Å². The molecule has 2 N–H and O–H groups in total. The van der Waals surface area contributed by atoms with Gasteiger partial charge in [0, 0.05) is 13.5 Å². The molecule has 0 spiro atoms. The molecule has 1 aliphatic heterocycles. The molecule has 4 heteroatoms. The third-order valence-corrected chi connectivity index (χ3v) is 2.92. The summed E-state index contributed by atoms with van der Waals surface area (Å²) in [6.07, 6.45) is 2.87. The molecule has 0 aromatic carbocycles. The summed E-state index contributed by atoms with van der Waals surface area (Å²) in [4.78, 5) is 11.8. The molecule has 0 atom stereocenters. The summed E-state index contributed by atoms with van der Waals surface area (Å²) in [6, 6.07) is 0. The van der Waals surface area contributed by atoms with Gasteiger partial charge in [-0.05, 0) is 45.7 Å². The Morgan fingerprint density at radius 3 is 2.62 bits per heavy atom. The van der Waals surface area contributed by atoms with Crippen LogP contribution in [0.1, 0.15) is 33.1 Å². The Balaban J connectivity index is 2.28. The van der Waals surface area contributed by atoms with Crippen molar-refractivity contribution in [3.8, 4) is 0 Å². The molecule has 0 aromatic rings. The lowest BCUT2D eigenvalue weighted by atomic mass is 9.94. The van der Waals surface area contributed by atoms with Gasteiger partial charge in [-0.1, -0.05) is 0 Å². The van der Waals surface area contributed by atoms with Gasteiger partial charge in [-0.15, -0.1) is 0 Å². The van der Waals surface area contributed by atoms with Gasteiger partial charge < -0.3 is 15.4 Å². The van der Waals surface area contributed by atoms with E-state index in [2.05, 4.69) is 10.6 Å². The molecule has 16 heavy (non-hydrogen) atoms. The molecular weight excluding hydrogens is 204 g/mol. The van der Waals surface area contributed by atoms with Gasteiger partial charge in [-0.3, -0.25) is 4.79 Å². The first-order valence-corrected chi connectivity index (χ1v) is 6.04. The normalized spacial score (nSPS) is 18.4. The van der Waals surface area contributed by atoms with Crippen LogP contribution in [-0.2, 0) is 9.53 Å². The van der Waals surface area contributed by atoms with Crippen LogP contribution < -0.4 is 10.6 Å². The van der Waals surface area contributed by atoms with E-state index in [0.29, 0.717) is 18.9 Å². The van der Waals surface area contributed by atoms with Gasteiger partial charge in [0.05, 0.1) is 12.1 Å². The molecule has 0 radical (unpaired) electrons. The fraction of sp³-hybridized carbons (Fsp3) is 0.917. The van der Waals surface area contributed by atoms with E-state index < -0.39 is 0 Å². The average Bonchev–Trinajstić information content (AvgIpc) is 2.17. The maximum absolute atomic E-state index is 11.8. The van der Waals surface area contributed by atoms with Crippen LogP contribution >= 0.6 is 0 Å². The van der Waals surface area contributed by atoms with E-state index in [1.165, 1.54) is 0 Å². The first-order valence-electron chi connectivity index (χ1n) is 6.04. The number of piperidine rings is 1. The second kappa shape index (κ2) is 6.21. The average molecular weight is 228 g/mol. The highest BCUT2D eigenvalue weighted by molar-refractivity contribution is 5.77. The van der Waals surface area contributed by atoms with Gasteiger partial charge in [0.1, 0.15) is 0 Å². The number of hydrogen-bond donors (Lipinski definition) is 2. The zero-order chi connectivity index (χ0) is 12.0. The van der Waals surface area contributed by atoms with Gasteiger partial charge in [0.15, 0.2) is 0 Å². The molecule has 0 saturated carbocycles. The van der Waals surface area contributed by atoms with Crippen molar-refractivity contribution in [2.45, 2.75) is 38.6 Å². The molecule has 1 saturated heterocycles. The Morgan fingerprint density at radius 1 is 1.44 bits per heavy atom. The Hall–Kier alpha value is -0.610. The molecule has 1 aliphatic rings. The molecule has 0 aromatic heterocycles. The molecular formula is C12H24N2O2. The molecule has 1 fully saturated rings. The lowest BCUT2D eigenvalue weighted by Crippen LogP contribution is -2.47. The second-order valence-electron chi connectivity index (χ2n) is 5.26. The minimum Gasteiger partial charge on any atom is -0.382 e. The van der Waals surface area contributed by atoms with E-state index in [1.807, 2.05) is 13.8 Å². The summed E-state index contributed by atoms with van der Waals surface area (Å²) >= 11 is 0. The lowest BCUT2D eigenvalue weighted by molar-refractivity contribution is -0.124. The number of carbonyl (C=O) groups is 1. The number of carbonyl (C=O) groups excluding carboxylic acids is 1. The van der Waals surface area contributed by atoms with Crippen LogP contribution in [0.25, 0.3) is 0 Å². The van der Waals surface area contributed by atoms with Gasteiger partial charge in [0.25, 0.3) is 0 Å². The monoisotopic (exact) mass is 228 g/mol. The van der Waals surface area contributed by atoms with Crippen LogP contribution in [0.4, 0.5) is 0 Å². The summed E-state index contributed by atoms with van der Waals surface area (Å²) in [6.45, 7) is 6.59. The molecule has 1 heterocycles. The van der Waals surface area contributed by atoms with Crippen molar-refractivity contribution in [1.29, 1.82) is 0 Å². The number of methoxy groups -OCH3 is 1. The SMILES string of the molecule is COCC(C)(C)NC(=O)CC1CCNCC1. The summed E-state index contributed by atoms with van der Waals surface area (Å²) in [5.41, 5.74) is -0.265. The van der Waals surface area contributed by atoms with E-state index >= 15 is 0 Å². The fourth-order valence-electron chi connectivity index (χ4n) is 2.17. The van der Waals surface area contributed by atoms with Gasteiger partial charge in [-0.2, -0.15) is 0 Å². The minimum absolute atomic E-state index is 0.147. The molecule has 0 aliphatic carbocycles. The van der Waals surface area contributed by atoms with E-state index in [0.717, 1.165) is 25.9 Å². The number of ether oxygens (including phenoxy) is 1. The van der Waals surface area contributed by atoms with E-state index in [1.54, 1.807) is 7.11 Å². The summed E-state index contributed by atoms with van der Waals surface area (Å²) < 4.78 is 5.07. The van der Waals surface area contributed by atoms with Crippen LogP contribution in [0.3, 0.4) is 0 Å². The van der Waals surface area contributed by atoms with E-state index in [9.17, 15) is 4.79 Å². The molecule has 0 bridgehead atoms. The standard InChI is InChI=1S/C12H24N2O2/c1-12(2,9-16-3)14-11(15)8-10-4-6-13-7-5-10/h10,13H,4-9H2,1-3H3,(H,14,15). The maximum Gasteiger partial charge on any atom is 0.220 e. The van der Waals surface area contributed by atoms with Crippen molar-refractivity contribution >= 4 is 5.91 Å². The highest BCUT2D eigenvalue weighted by Crippen LogP contribution is 2.16. The number of amides is 1. The smallest absolute Gasteiger partial charge is 0.220 e. The predicted octanol–water partition coefficient (Wildman–Crippen LogP) is 0.917. The van der Waals surface area contributed by atoms with Gasteiger partial charge in [-0.25, -0.2) is 0 Å². The Bertz CT molecular complexity index is 223. The minimum atomic E-state index is -0.265. The van der Waals surface area contributed by atoms with Crippen molar-refractivity contribution in [2.24, 2.45) is 5.92 Å². The van der Waals surface area contributed by atoms with Crippen molar-refractivity contribution in [2.75, 3.05) is 26.8 Å². The summed E-state index contributed by atoms with van der Waals surface area (Å²) in [5.74, 6) is 0.688. The number of hydrogen-bond acceptors (Lipinski definition) is 3. The Kier molecular flexibility index (Phi) is 5.22. The van der Waals surface area contributed by atoms with Crippen LogP contribution in [0, 0.1) is 5.92 Å². The second-order valence-corrected chi connectivity index (χ2v) is 5.26. The number of nitrogens with one attached hydrogen (secondary N) is 2. The Labute approximate surface area is 98.1 Å². The van der Waals surface area contributed by atoms with Crippen molar-refractivity contribution < 1.29 is 9.53 Å². The topological polar surface area (TPSA) is 50.4 Å². The van der Waals surface area contributed by atoms with Crippen LogP contribution in [0.15, 0.2) is 0 Å². The zero-order valence-corrected chi connectivity index (χ0v) is 10.6. The molecule has 1 amide bonds. The fourth-order valence-corrected chi connectivity index (χ4v) is 2.17. The van der Waals surface area contributed by atoms with Gasteiger partial charge in [0.2, 0.25) is 5.91 Å². The van der Waals surface area contributed by atoms with Crippen molar-refractivity contribution in [1.82, 2.24) is 10.6 Å². The zero-order valence-electron chi connectivity index (χ0n) is 10.6. The van der Waals surface area contributed by atoms with Crippen LogP contribution in [0.5, 0.6) is 0 Å². The molecule has 94 valence electrons. The highest BCUT2D eigenvalue weighted by atomic mass is 16.5. The quantitative estimate of drug-likeness (QED) is 0.735. The van der Waals surface area contributed by atoms with E-state index in [4.69, 9.17) is 4.74 Å². The Morgan fingerprint density at radius 2 is 2.06 bits per heavy atom. The summed E-state index contributed by atoms with van der Waals surface area (Å²) in [7, 11) is 1.65. The van der Waals surface area contributed by atoms with Crippen LogP contribution in [-0.4, -0.2) is 38.3 Å². The summed E-state index contributed by atoms with van der Waals surface area (Å²) in [5, 5.41) is 6.32. The van der Waals surface area contributed by atoms with Gasteiger partial charge >= 0.3 is 0 Å². The first-order chi connectivity index (χ1) is 7.53. The largest absolute Gasteiger partial charge is 0.382 e. The third-order valence-electron chi connectivity index (χ3n) is 2.92. The first kappa shape index (κ1) is 13.5. The third kappa shape index (κ3) is 4.94. The molecule has 1 rings (SSSR count). The predicted molar refractivity (Wildman–Crippen MR) is 64.3 cm³/mol. The molecule has 0 unspecified atom stereocenters. The van der Waals surface area contributed by atoms with E-state index in [-0.39, 0.29) is 11.4 Å². The van der Waals surface area contributed by atoms with Crippen molar-refractivity contribution in [3.63, 3.8) is 0 Å². The number of rotatable bonds is 5. The maximum atomic E-state index is 11.8.